The average Bonchev–Trinajstić information content (AvgIpc) is 2.47. The van der Waals surface area contributed by atoms with E-state index in [0.29, 0.717) is 11.5 Å². The summed E-state index contributed by atoms with van der Waals surface area (Å²) < 4.78 is 5.92. The molecule has 0 spiro atoms. The number of hydrogen-bond donors (Lipinski definition) is 1. The molecular weight excluding hydrogens is 260 g/mol. The zero-order valence-electron chi connectivity index (χ0n) is 14.7. The number of likely N-dealkylation sites (N-methyl/N-ethyl adjacent to an activating group) is 1. The van der Waals surface area contributed by atoms with Crippen LogP contribution in [0.2, 0.25) is 0 Å². The molecule has 2 N–H and O–H groups in total. The summed E-state index contributed by atoms with van der Waals surface area (Å²) >= 11 is 0. The van der Waals surface area contributed by atoms with Crippen LogP contribution in [-0.4, -0.2) is 43.3 Å². The average molecular weight is 296 g/mol. The Balaban J connectivity index is 1.92. The van der Waals surface area contributed by atoms with Gasteiger partial charge in [-0.25, -0.2) is 0 Å². The van der Waals surface area contributed by atoms with E-state index in [4.69, 9.17) is 10.5 Å². The van der Waals surface area contributed by atoms with E-state index in [9.17, 15) is 0 Å². The normalized spacial score (nSPS) is 35.1. The van der Waals surface area contributed by atoms with Crippen molar-refractivity contribution >= 4 is 0 Å². The summed E-state index contributed by atoms with van der Waals surface area (Å²) in [7, 11) is 2.27. The van der Waals surface area contributed by atoms with Crippen LogP contribution in [-0.2, 0) is 4.74 Å². The molecule has 21 heavy (non-hydrogen) atoms. The smallest absolute Gasteiger partial charge is 0.0702 e. The molecule has 1 aliphatic heterocycles. The topological polar surface area (TPSA) is 38.5 Å². The first kappa shape index (κ1) is 17.2. The minimum Gasteiger partial charge on any atom is -0.377 e. The van der Waals surface area contributed by atoms with Crippen LogP contribution >= 0.6 is 0 Å². The maximum absolute atomic E-state index is 6.22. The second-order valence-electron chi connectivity index (χ2n) is 8.44. The van der Waals surface area contributed by atoms with Gasteiger partial charge in [0.1, 0.15) is 0 Å². The number of ether oxygens (including phenoxy) is 1. The van der Waals surface area contributed by atoms with Gasteiger partial charge in [-0.15, -0.1) is 0 Å². The van der Waals surface area contributed by atoms with E-state index in [0.717, 1.165) is 25.6 Å². The molecule has 124 valence electrons. The summed E-state index contributed by atoms with van der Waals surface area (Å²) in [5, 5.41) is 0. The zero-order valence-corrected chi connectivity index (χ0v) is 14.7. The predicted octanol–water partition coefficient (Wildman–Crippen LogP) is 3.42. The Hall–Kier alpha value is -0.120. The summed E-state index contributed by atoms with van der Waals surface area (Å²) in [4.78, 5) is 2.53. The van der Waals surface area contributed by atoms with Crippen LogP contribution in [0.4, 0.5) is 0 Å². The van der Waals surface area contributed by atoms with Crippen molar-refractivity contribution < 1.29 is 4.74 Å². The number of rotatable bonds is 4. The molecule has 1 atom stereocenters. The second kappa shape index (κ2) is 6.97. The Morgan fingerprint density at radius 2 is 1.81 bits per heavy atom. The van der Waals surface area contributed by atoms with Gasteiger partial charge in [-0.2, -0.15) is 0 Å². The molecule has 1 aliphatic carbocycles. The molecule has 2 aliphatic rings. The van der Waals surface area contributed by atoms with E-state index in [1.165, 1.54) is 44.9 Å². The highest BCUT2D eigenvalue weighted by Crippen LogP contribution is 2.43. The van der Waals surface area contributed by atoms with Gasteiger partial charge in [0.25, 0.3) is 0 Å². The maximum Gasteiger partial charge on any atom is 0.0702 e. The van der Waals surface area contributed by atoms with E-state index < -0.39 is 0 Å². The van der Waals surface area contributed by atoms with Gasteiger partial charge >= 0.3 is 0 Å². The Labute approximate surface area is 131 Å². The van der Waals surface area contributed by atoms with Crippen molar-refractivity contribution in [2.75, 3.05) is 26.7 Å². The van der Waals surface area contributed by atoms with Crippen LogP contribution in [0.3, 0.4) is 0 Å². The highest BCUT2D eigenvalue weighted by Gasteiger charge is 2.41. The van der Waals surface area contributed by atoms with Crippen LogP contribution < -0.4 is 5.73 Å². The minimum absolute atomic E-state index is 0.211. The van der Waals surface area contributed by atoms with E-state index in [-0.39, 0.29) is 5.54 Å². The SMILES string of the molecule is CN(CC1CCCCO1)C1(CN)CCC(C(C)(C)C)CC1. The van der Waals surface area contributed by atoms with Gasteiger partial charge < -0.3 is 10.5 Å². The molecule has 3 nitrogen and oxygen atoms in total. The van der Waals surface area contributed by atoms with Crippen LogP contribution in [0.5, 0.6) is 0 Å². The lowest BCUT2D eigenvalue weighted by Crippen LogP contribution is -2.56. The lowest BCUT2D eigenvalue weighted by Gasteiger charge is -2.49. The summed E-state index contributed by atoms with van der Waals surface area (Å²) in [6.45, 7) is 9.93. The highest BCUT2D eigenvalue weighted by atomic mass is 16.5. The monoisotopic (exact) mass is 296 g/mol. The summed E-state index contributed by atoms with van der Waals surface area (Å²) in [6.07, 6.45) is 9.31. The minimum atomic E-state index is 0.211. The Bertz CT molecular complexity index is 310. The number of nitrogens with zero attached hydrogens (tertiary/aromatic N) is 1. The van der Waals surface area contributed by atoms with E-state index in [1.54, 1.807) is 0 Å². The maximum atomic E-state index is 6.22. The Morgan fingerprint density at radius 3 is 2.29 bits per heavy atom. The molecule has 3 heteroatoms. The van der Waals surface area contributed by atoms with E-state index in [1.807, 2.05) is 0 Å². The van der Waals surface area contributed by atoms with Crippen molar-refractivity contribution in [3.63, 3.8) is 0 Å². The molecule has 1 saturated carbocycles. The fourth-order valence-corrected chi connectivity index (χ4v) is 4.21. The van der Waals surface area contributed by atoms with Crippen molar-refractivity contribution in [3.8, 4) is 0 Å². The summed E-state index contributed by atoms with van der Waals surface area (Å²) in [6, 6.07) is 0. The predicted molar refractivity (Wildman–Crippen MR) is 89.4 cm³/mol. The van der Waals surface area contributed by atoms with Gasteiger partial charge in [0.2, 0.25) is 0 Å². The van der Waals surface area contributed by atoms with Gasteiger partial charge in [-0.05, 0) is 63.3 Å². The Morgan fingerprint density at radius 1 is 1.14 bits per heavy atom. The number of nitrogens with two attached hydrogens (primary N) is 1. The van der Waals surface area contributed by atoms with Crippen molar-refractivity contribution in [2.24, 2.45) is 17.1 Å². The van der Waals surface area contributed by atoms with Crippen molar-refractivity contribution in [1.29, 1.82) is 0 Å². The lowest BCUT2D eigenvalue weighted by atomic mass is 9.67. The first-order valence-electron chi connectivity index (χ1n) is 8.90. The molecule has 0 aromatic carbocycles. The second-order valence-corrected chi connectivity index (χ2v) is 8.44. The van der Waals surface area contributed by atoms with Gasteiger partial charge in [0.15, 0.2) is 0 Å². The molecule has 2 fully saturated rings. The lowest BCUT2D eigenvalue weighted by molar-refractivity contribution is -0.0370. The first-order valence-corrected chi connectivity index (χ1v) is 8.90. The molecule has 0 radical (unpaired) electrons. The Kier molecular flexibility index (Phi) is 5.72. The van der Waals surface area contributed by atoms with Crippen LogP contribution in [0.15, 0.2) is 0 Å². The molecule has 1 unspecified atom stereocenters. The van der Waals surface area contributed by atoms with Crippen molar-refractivity contribution in [2.45, 2.75) is 77.4 Å². The van der Waals surface area contributed by atoms with Gasteiger partial charge in [0.05, 0.1) is 6.10 Å². The molecule has 0 amide bonds. The first-order chi connectivity index (χ1) is 9.87. The molecule has 2 rings (SSSR count). The quantitative estimate of drug-likeness (QED) is 0.864. The fraction of sp³-hybridized carbons (Fsp3) is 1.00. The standard InChI is InChI=1S/C18H36N2O/c1-17(2,3)15-8-10-18(14-19,11-9-15)20(4)13-16-7-5-6-12-21-16/h15-16H,5-14,19H2,1-4H3. The van der Waals surface area contributed by atoms with Gasteiger partial charge in [0, 0.05) is 25.2 Å². The van der Waals surface area contributed by atoms with E-state index >= 15 is 0 Å². The fourth-order valence-electron chi connectivity index (χ4n) is 4.21. The summed E-state index contributed by atoms with van der Waals surface area (Å²) in [5.74, 6) is 0.844. The largest absolute Gasteiger partial charge is 0.377 e. The van der Waals surface area contributed by atoms with Crippen LogP contribution in [0.1, 0.15) is 65.7 Å². The molecular formula is C18H36N2O. The zero-order chi connectivity index (χ0) is 15.5. The highest BCUT2D eigenvalue weighted by molar-refractivity contribution is 4.97. The molecule has 0 aromatic heterocycles. The van der Waals surface area contributed by atoms with Crippen molar-refractivity contribution in [3.05, 3.63) is 0 Å². The molecule has 1 saturated heterocycles. The molecule has 0 bridgehead atoms. The third kappa shape index (κ3) is 4.20. The van der Waals surface area contributed by atoms with Crippen LogP contribution in [0.25, 0.3) is 0 Å². The van der Waals surface area contributed by atoms with Gasteiger partial charge in [-0.3, -0.25) is 4.90 Å². The molecule has 1 heterocycles. The third-order valence-corrected chi connectivity index (χ3v) is 6.08. The van der Waals surface area contributed by atoms with Gasteiger partial charge in [-0.1, -0.05) is 20.8 Å². The summed E-state index contributed by atoms with van der Waals surface area (Å²) in [5.41, 5.74) is 6.86. The van der Waals surface area contributed by atoms with E-state index in [2.05, 4.69) is 32.7 Å². The molecule has 0 aromatic rings. The van der Waals surface area contributed by atoms with Crippen LogP contribution in [0, 0.1) is 11.3 Å². The van der Waals surface area contributed by atoms with Crippen molar-refractivity contribution in [1.82, 2.24) is 4.90 Å². The number of hydrogen-bond acceptors (Lipinski definition) is 3. The third-order valence-electron chi connectivity index (χ3n) is 6.08.